The van der Waals surface area contributed by atoms with E-state index in [-0.39, 0.29) is 12.4 Å². The molecule has 2 nitrogen and oxygen atoms in total. The Morgan fingerprint density at radius 3 is 2.76 bits per heavy atom. The van der Waals surface area contributed by atoms with Crippen LogP contribution in [0.4, 0.5) is 4.39 Å². The average molecular weight is 237 g/mol. The number of aliphatic hydroxyl groups excluding tert-OH is 1. The first-order valence-electron chi connectivity index (χ1n) is 6.39. The zero-order chi connectivity index (χ0) is 12.1. The molecule has 0 bridgehead atoms. The van der Waals surface area contributed by atoms with E-state index in [1.54, 1.807) is 12.1 Å². The summed E-state index contributed by atoms with van der Waals surface area (Å²) in [6, 6.07) is 7.50. The Balaban J connectivity index is 1.74. The fraction of sp³-hybridized carbons (Fsp3) is 0.571. The van der Waals surface area contributed by atoms with Gasteiger partial charge in [-0.05, 0) is 49.9 Å². The third kappa shape index (κ3) is 4.10. The Bertz CT molecular complexity index is 352. The maximum absolute atomic E-state index is 13.0. The van der Waals surface area contributed by atoms with Gasteiger partial charge in [-0.25, -0.2) is 4.39 Å². The van der Waals surface area contributed by atoms with Gasteiger partial charge in [-0.3, -0.25) is 4.90 Å². The lowest BCUT2D eigenvalue weighted by atomic mass is 10.1. The van der Waals surface area contributed by atoms with Gasteiger partial charge >= 0.3 is 0 Å². The van der Waals surface area contributed by atoms with Crippen LogP contribution in [0.3, 0.4) is 0 Å². The van der Waals surface area contributed by atoms with E-state index in [9.17, 15) is 4.39 Å². The SMILES string of the molecule is OCCN(CCCc1cccc(F)c1)C1CC1. The second kappa shape index (κ2) is 6.12. The molecule has 94 valence electrons. The maximum Gasteiger partial charge on any atom is 0.123 e. The summed E-state index contributed by atoms with van der Waals surface area (Å²) in [6.45, 7) is 2.01. The summed E-state index contributed by atoms with van der Waals surface area (Å²) >= 11 is 0. The van der Waals surface area contributed by atoms with Gasteiger partial charge in [0.2, 0.25) is 0 Å². The number of benzene rings is 1. The number of rotatable bonds is 7. The Kier molecular flexibility index (Phi) is 4.51. The Morgan fingerprint density at radius 2 is 2.12 bits per heavy atom. The van der Waals surface area contributed by atoms with E-state index in [0.717, 1.165) is 31.5 Å². The topological polar surface area (TPSA) is 23.5 Å². The number of nitrogens with zero attached hydrogens (tertiary/aromatic N) is 1. The molecule has 0 amide bonds. The largest absolute Gasteiger partial charge is 0.395 e. The van der Waals surface area contributed by atoms with Gasteiger partial charge in [0.25, 0.3) is 0 Å². The number of hydrogen-bond donors (Lipinski definition) is 1. The molecule has 1 aliphatic carbocycles. The van der Waals surface area contributed by atoms with Gasteiger partial charge in [-0.15, -0.1) is 0 Å². The molecule has 0 unspecified atom stereocenters. The molecule has 0 atom stereocenters. The molecule has 1 aromatic carbocycles. The van der Waals surface area contributed by atoms with Crippen LogP contribution in [-0.2, 0) is 6.42 Å². The van der Waals surface area contributed by atoms with Crippen molar-refractivity contribution in [3.05, 3.63) is 35.6 Å². The van der Waals surface area contributed by atoms with Gasteiger partial charge in [0.1, 0.15) is 5.82 Å². The summed E-state index contributed by atoms with van der Waals surface area (Å²) in [5, 5.41) is 8.97. The highest BCUT2D eigenvalue weighted by Gasteiger charge is 2.27. The van der Waals surface area contributed by atoms with Crippen LogP contribution in [0.25, 0.3) is 0 Å². The lowest BCUT2D eigenvalue weighted by Gasteiger charge is -2.20. The van der Waals surface area contributed by atoms with Crippen molar-refractivity contribution >= 4 is 0 Å². The molecule has 0 saturated heterocycles. The average Bonchev–Trinajstić information content (AvgIpc) is 3.12. The van der Waals surface area contributed by atoms with Crippen molar-refractivity contribution in [3.8, 4) is 0 Å². The summed E-state index contributed by atoms with van der Waals surface area (Å²) in [5.74, 6) is -0.156. The molecule has 0 aromatic heterocycles. The summed E-state index contributed by atoms with van der Waals surface area (Å²) in [6.07, 6.45) is 4.46. The molecule has 1 aliphatic rings. The first-order chi connectivity index (χ1) is 8.29. The Morgan fingerprint density at radius 1 is 1.29 bits per heavy atom. The van der Waals surface area contributed by atoms with Gasteiger partial charge in [0, 0.05) is 12.6 Å². The summed E-state index contributed by atoms with van der Waals surface area (Å²) in [7, 11) is 0. The van der Waals surface area contributed by atoms with Gasteiger partial charge in [0.05, 0.1) is 6.61 Å². The molecule has 0 radical (unpaired) electrons. The quantitative estimate of drug-likeness (QED) is 0.786. The van der Waals surface area contributed by atoms with Crippen LogP contribution in [-0.4, -0.2) is 35.7 Å². The molecule has 1 saturated carbocycles. The van der Waals surface area contributed by atoms with Gasteiger partial charge < -0.3 is 5.11 Å². The van der Waals surface area contributed by atoms with Crippen molar-refractivity contribution in [2.45, 2.75) is 31.7 Å². The standard InChI is InChI=1S/C14H20FNO/c15-13-5-1-3-12(11-13)4-2-8-16(9-10-17)14-6-7-14/h1,3,5,11,14,17H,2,4,6-10H2. The fourth-order valence-corrected chi connectivity index (χ4v) is 2.22. The van der Waals surface area contributed by atoms with E-state index < -0.39 is 0 Å². The normalized spacial score (nSPS) is 15.5. The molecular formula is C14H20FNO. The maximum atomic E-state index is 13.0. The highest BCUT2D eigenvalue weighted by Crippen LogP contribution is 2.26. The lowest BCUT2D eigenvalue weighted by molar-refractivity contribution is 0.188. The molecule has 1 fully saturated rings. The van der Waals surface area contributed by atoms with E-state index in [1.165, 1.54) is 18.9 Å². The van der Waals surface area contributed by atoms with Crippen LogP contribution in [0.1, 0.15) is 24.8 Å². The minimum atomic E-state index is -0.156. The second-order valence-electron chi connectivity index (χ2n) is 4.72. The zero-order valence-corrected chi connectivity index (χ0v) is 10.1. The van der Waals surface area contributed by atoms with Crippen LogP contribution < -0.4 is 0 Å². The molecule has 17 heavy (non-hydrogen) atoms. The highest BCUT2D eigenvalue weighted by atomic mass is 19.1. The first-order valence-corrected chi connectivity index (χ1v) is 6.39. The summed E-state index contributed by atoms with van der Waals surface area (Å²) in [5.41, 5.74) is 1.06. The van der Waals surface area contributed by atoms with E-state index in [1.807, 2.05) is 6.07 Å². The van der Waals surface area contributed by atoms with E-state index in [0.29, 0.717) is 6.04 Å². The minimum Gasteiger partial charge on any atom is -0.395 e. The van der Waals surface area contributed by atoms with Crippen molar-refractivity contribution in [1.82, 2.24) is 4.90 Å². The monoisotopic (exact) mass is 237 g/mol. The molecule has 1 aromatic rings. The van der Waals surface area contributed by atoms with Crippen molar-refractivity contribution < 1.29 is 9.50 Å². The highest BCUT2D eigenvalue weighted by molar-refractivity contribution is 5.16. The third-order valence-electron chi connectivity index (χ3n) is 3.25. The minimum absolute atomic E-state index is 0.156. The summed E-state index contributed by atoms with van der Waals surface area (Å²) in [4.78, 5) is 2.35. The van der Waals surface area contributed by atoms with Gasteiger partial charge in [-0.2, -0.15) is 0 Å². The van der Waals surface area contributed by atoms with E-state index in [2.05, 4.69) is 4.90 Å². The Labute approximate surface area is 102 Å². The van der Waals surface area contributed by atoms with Gasteiger partial charge in [0.15, 0.2) is 0 Å². The van der Waals surface area contributed by atoms with Crippen molar-refractivity contribution in [2.24, 2.45) is 0 Å². The number of halogens is 1. The van der Waals surface area contributed by atoms with Crippen molar-refractivity contribution in [2.75, 3.05) is 19.7 Å². The number of aliphatic hydroxyl groups is 1. The zero-order valence-electron chi connectivity index (χ0n) is 10.1. The first kappa shape index (κ1) is 12.5. The smallest absolute Gasteiger partial charge is 0.123 e. The second-order valence-corrected chi connectivity index (χ2v) is 4.72. The fourth-order valence-electron chi connectivity index (χ4n) is 2.22. The number of hydrogen-bond acceptors (Lipinski definition) is 2. The van der Waals surface area contributed by atoms with Crippen LogP contribution in [0.15, 0.2) is 24.3 Å². The van der Waals surface area contributed by atoms with Crippen LogP contribution in [0.2, 0.25) is 0 Å². The molecular weight excluding hydrogens is 217 g/mol. The summed E-state index contributed by atoms with van der Waals surface area (Å²) < 4.78 is 13.0. The number of aryl methyl sites for hydroxylation is 1. The third-order valence-corrected chi connectivity index (χ3v) is 3.25. The predicted octanol–water partition coefficient (Wildman–Crippen LogP) is 2.21. The van der Waals surface area contributed by atoms with Crippen molar-refractivity contribution in [1.29, 1.82) is 0 Å². The Hall–Kier alpha value is -0.930. The molecule has 0 spiro atoms. The molecule has 2 rings (SSSR count). The van der Waals surface area contributed by atoms with Crippen LogP contribution >= 0.6 is 0 Å². The predicted molar refractivity (Wildman–Crippen MR) is 66.4 cm³/mol. The van der Waals surface area contributed by atoms with Crippen LogP contribution in [0, 0.1) is 5.82 Å². The van der Waals surface area contributed by atoms with E-state index >= 15 is 0 Å². The molecule has 3 heteroatoms. The molecule has 1 N–H and O–H groups in total. The van der Waals surface area contributed by atoms with Crippen molar-refractivity contribution in [3.63, 3.8) is 0 Å². The van der Waals surface area contributed by atoms with E-state index in [4.69, 9.17) is 5.11 Å². The van der Waals surface area contributed by atoms with Gasteiger partial charge in [-0.1, -0.05) is 12.1 Å². The molecule has 0 aliphatic heterocycles. The van der Waals surface area contributed by atoms with Crippen LogP contribution in [0.5, 0.6) is 0 Å². The molecule has 0 heterocycles. The lowest BCUT2D eigenvalue weighted by Crippen LogP contribution is -2.30.